The number of nitrogens with zero attached hydrogens (tertiary/aromatic N) is 1. The molecule has 1 rings (SSSR count). The zero-order chi connectivity index (χ0) is 10.8. The molecule has 0 bridgehead atoms. The number of rotatable bonds is 1. The Balaban J connectivity index is 3.03. The fraction of sp³-hybridized carbons (Fsp3) is 0.364. The molecule has 1 aromatic carbocycles. The Morgan fingerprint density at radius 2 is 2.00 bits per heavy atom. The van der Waals surface area contributed by atoms with Gasteiger partial charge in [0.15, 0.2) is 0 Å². The Kier molecular flexibility index (Phi) is 3.64. The number of aliphatic imine (C=N–C) groups is 1. The van der Waals surface area contributed by atoms with E-state index in [1.807, 2.05) is 26.8 Å². The van der Waals surface area contributed by atoms with Crippen molar-refractivity contribution >= 4 is 28.8 Å². The van der Waals surface area contributed by atoms with Crippen LogP contribution in [0.4, 0.5) is 4.39 Å². The molecule has 0 N–H and O–H groups in total. The van der Waals surface area contributed by atoms with Gasteiger partial charge < -0.3 is 0 Å². The molecule has 0 aliphatic rings. The van der Waals surface area contributed by atoms with Crippen LogP contribution in [0.25, 0.3) is 0 Å². The Morgan fingerprint density at radius 1 is 1.36 bits per heavy atom. The fourth-order valence-electron chi connectivity index (χ4n) is 0.892. The molecule has 0 saturated heterocycles. The average molecular weight is 305 g/mol. The molecule has 76 valence electrons. The summed E-state index contributed by atoms with van der Waals surface area (Å²) in [5.41, 5.74) is 0.411. The summed E-state index contributed by atoms with van der Waals surface area (Å²) < 4.78 is 14.2. The van der Waals surface area contributed by atoms with E-state index in [4.69, 9.17) is 0 Å². The highest BCUT2D eigenvalue weighted by Gasteiger charge is 2.07. The van der Waals surface area contributed by atoms with Crippen molar-refractivity contribution in [3.63, 3.8) is 0 Å². The summed E-state index contributed by atoms with van der Waals surface area (Å²) >= 11 is 2.11. The molecule has 0 atom stereocenters. The molecular weight excluding hydrogens is 292 g/mol. The molecule has 0 aromatic heterocycles. The van der Waals surface area contributed by atoms with Gasteiger partial charge in [0.25, 0.3) is 0 Å². The second-order valence-electron chi connectivity index (χ2n) is 4.06. The van der Waals surface area contributed by atoms with Gasteiger partial charge in [-0.2, -0.15) is 0 Å². The van der Waals surface area contributed by atoms with E-state index in [0.29, 0.717) is 5.56 Å². The van der Waals surface area contributed by atoms with Crippen LogP contribution in [0, 0.1) is 9.39 Å². The second kappa shape index (κ2) is 4.38. The van der Waals surface area contributed by atoms with E-state index in [0.717, 1.165) is 3.57 Å². The van der Waals surface area contributed by atoms with Crippen molar-refractivity contribution in [3.8, 4) is 0 Å². The summed E-state index contributed by atoms with van der Waals surface area (Å²) in [7, 11) is 0. The summed E-state index contributed by atoms with van der Waals surface area (Å²) in [5, 5.41) is 0. The molecule has 0 aliphatic carbocycles. The van der Waals surface area contributed by atoms with Crippen LogP contribution in [0.5, 0.6) is 0 Å². The van der Waals surface area contributed by atoms with Crippen LogP contribution >= 0.6 is 22.6 Å². The van der Waals surface area contributed by atoms with Crippen molar-refractivity contribution < 1.29 is 4.39 Å². The maximum absolute atomic E-state index is 13.3. The molecule has 0 aliphatic heterocycles. The topological polar surface area (TPSA) is 12.4 Å². The van der Waals surface area contributed by atoms with Crippen LogP contribution in [-0.4, -0.2) is 11.8 Å². The summed E-state index contributed by atoms with van der Waals surface area (Å²) in [5.74, 6) is -0.218. The molecule has 3 heteroatoms. The standard InChI is InChI=1S/C11H13FIN/c1-11(2,3)14-7-8-9(12)5-4-6-10(8)13/h4-7H,1-3H3. The number of halogens is 2. The van der Waals surface area contributed by atoms with Gasteiger partial charge >= 0.3 is 0 Å². The smallest absolute Gasteiger partial charge is 0.133 e. The first-order valence-electron chi connectivity index (χ1n) is 4.39. The van der Waals surface area contributed by atoms with Crippen molar-refractivity contribution in [3.05, 3.63) is 33.1 Å². The van der Waals surface area contributed by atoms with E-state index < -0.39 is 0 Å². The largest absolute Gasteiger partial charge is 0.287 e. The normalized spacial score (nSPS) is 12.4. The van der Waals surface area contributed by atoms with Crippen molar-refractivity contribution in [2.75, 3.05) is 0 Å². The summed E-state index contributed by atoms with van der Waals surface area (Å²) in [6.07, 6.45) is 1.61. The van der Waals surface area contributed by atoms with E-state index in [1.54, 1.807) is 12.3 Å². The summed E-state index contributed by atoms with van der Waals surface area (Å²) in [6, 6.07) is 5.02. The van der Waals surface area contributed by atoms with Crippen LogP contribution in [0.3, 0.4) is 0 Å². The van der Waals surface area contributed by atoms with Crippen LogP contribution in [-0.2, 0) is 0 Å². The quantitative estimate of drug-likeness (QED) is 0.555. The van der Waals surface area contributed by atoms with Gasteiger partial charge in [0, 0.05) is 15.3 Å². The Bertz CT molecular complexity index is 333. The third kappa shape index (κ3) is 3.36. The molecule has 0 radical (unpaired) electrons. The fourth-order valence-corrected chi connectivity index (χ4v) is 1.50. The maximum atomic E-state index is 13.3. The molecular formula is C11H13FIN. The minimum atomic E-state index is -0.218. The molecule has 0 saturated carbocycles. The number of benzene rings is 1. The van der Waals surface area contributed by atoms with Crippen LogP contribution in [0.2, 0.25) is 0 Å². The Morgan fingerprint density at radius 3 is 2.50 bits per heavy atom. The predicted molar refractivity (Wildman–Crippen MR) is 66.5 cm³/mol. The lowest BCUT2D eigenvalue weighted by Crippen LogP contribution is -2.10. The monoisotopic (exact) mass is 305 g/mol. The maximum Gasteiger partial charge on any atom is 0.133 e. The molecule has 0 heterocycles. The lowest BCUT2D eigenvalue weighted by Gasteiger charge is -2.11. The minimum Gasteiger partial charge on any atom is -0.287 e. The van der Waals surface area contributed by atoms with Crippen molar-refractivity contribution in [2.45, 2.75) is 26.3 Å². The molecule has 0 fully saturated rings. The first kappa shape index (κ1) is 11.6. The molecule has 14 heavy (non-hydrogen) atoms. The van der Waals surface area contributed by atoms with E-state index in [2.05, 4.69) is 27.6 Å². The Labute approximate surface area is 97.6 Å². The van der Waals surface area contributed by atoms with Gasteiger partial charge in [-0.15, -0.1) is 0 Å². The highest BCUT2D eigenvalue weighted by atomic mass is 127. The van der Waals surface area contributed by atoms with Crippen LogP contribution < -0.4 is 0 Å². The zero-order valence-electron chi connectivity index (χ0n) is 8.51. The minimum absolute atomic E-state index is 0.161. The van der Waals surface area contributed by atoms with Gasteiger partial charge in [0.1, 0.15) is 5.82 Å². The lowest BCUT2D eigenvalue weighted by molar-refractivity contribution is 0.585. The molecule has 0 amide bonds. The van der Waals surface area contributed by atoms with E-state index >= 15 is 0 Å². The van der Waals surface area contributed by atoms with Crippen molar-refractivity contribution in [1.29, 1.82) is 0 Å². The van der Waals surface area contributed by atoms with Gasteiger partial charge in [-0.05, 0) is 55.5 Å². The van der Waals surface area contributed by atoms with E-state index in [9.17, 15) is 4.39 Å². The number of hydrogen-bond acceptors (Lipinski definition) is 1. The van der Waals surface area contributed by atoms with Gasteiger partial charge in [-0.1, -0.05) is 6.07 Å². The number of hydrogen-bond donors (Lipinski definition) is 0. The van der Waals surface area contributed by atoms with E-state index in [-0.39, 0.29) is 11.4 Å². The molecule has 0 spiro atoms. The molecule has 1 nitrogen and oxygen atoms in total. The van der Waals surface area contributed by atoms with Gasteiger partial charge in [0.05, 0.1) is 5.54 Å². The van der Waals surface area contributed by atoms with Crippen LogP contribution in [0.15, 0.2) is 23.2 Å². The summed E-state index contributed by atoms with van der Waals surface area (Å²) in [6.45, 7) is 5.95. The van der Waals surface area contributed by atoms with Gasteiger partial charge in [0.2, 0.25) is 0 Å². The van der Waals surface area contributed by atoms with Crippen molar-refractivity contribution in [2.24, 2.45) is 4.99 Å². The Hall–Kier alpha value is -0.450. The van der Waals surface area contributed by atoms with Gasteiger partial charge in [-0.3, -0.25) is 4.99 Å². The molecule has 1 aromatic rings. The highest BCUT2D eigenvalue weighted by molar-refractivity contribution is 14.1. The highest BCUT2D eigenvalue weighted by Crippen LogP contribution is 2.15. The van der Waals surface area contributed by atoms with Crippen LogP contribution in [0.1, 0.15) is 26.3 Å². The van der Waals surface area contributed by atoms with E-state index in [1.165, 1.54) is 6.07 Å². The second-order valence-corrected chi connectivity index (χ2v) is 5.23. The zero-order valence-corrected chi connectivity index (χ0v) is 10.7. The first-order valence-corrected chi connectivity index (χ1v) is 5.47. The lowest BCUT2D eigenvalue weighted by atomic mass is 10.1. The van der Waals surface area contributed by atoms with Crippen molar-refractivity contribution in [1.82, 2.24) is 0 Å². The third-order valence-corrected chi connectivity index (χ3v) is 2.52. The van der Waals surface area contributed by atoms with Gasteiger partial charge in [-0.25, -0.2) is 4.39 Å². The summed E-state index contributed by atoms with van der Waals surface area (Å²) in [4.78, 5) is 4.28. The average Bonchev–Trinajstić information content (AvgIpc) is 2.01. The molecule has 0 unspecified atom stereocenters. The first-order chi connectivity index (χ1) is 6.40. The predicted octanol–water partition coefficient (Wildman–Crippen LogP) is 3.65. The third-order valence-electron chi connectivity index (χ3n) is 1.58. The SMILES string of the molecule is CC(C)(C)N=Cc1c(F)cccc1I.